The van der Waals surface area contributed by atoms with Crippen LogP contribution >= 0.6 is 11.8 Å². The highest BCUT2D eigenvalue weighted by Gasteiger charge is 2.28. The number of hydrogen-bond acceptors (Lipinski definition) is 5. The maximum absolute atomic E-state index is 13.4. The number of aromatic nitrogens is 4. The molecule has 0 bridgehead atoms. The van der Waals surface area contributed by atoms with Crippen LogP contribution in [-0.2, 0) is 4.79 Å². The number of nitrogens with one attached hydrogen (secondary N) is 1. The number of anilines is 1. The first-order chi connectivity index (χ1) is 17.7. The Kier molecular flexibility index (Phi) is 5.87. The normalized spacial score (nSPS) is 13.1. The molecule has 0 aliphatic heterocycles. The van der Waals surface area contributed by atoms with Crippen LogP contribution in [0.15, 0.2) is 101 Å². The Morgan fingerprint density at radius 1 is 0.917 bits per heavy atom. The van der Waals surface area contributed by atoms with E-state index in [1.807, 2.05) is 84.9 Å². The van der Waals surface area contributed by atoms with Gasteiger partial charge in [-0.1, -0.05) is 60.3 Å². The lowest BCUT2D eigenvalue weighted by molar-refractivity contribution is -0.113. The monoisotopic (exact) mass is 493 g/mol. The molecule has 1 saturated carbocycles. The van der Waals surface area contributed by atoms with Crippen LogP contribution in [0, 0.1) is 0 Å². The highest BCUT2D eigenvalue weighted by molar-refractivity contribution is 7.99. The number of amides is 1. The molecule has 2 aromatic heterocycles. The van der Waals surface area contributed by atoms with E-state index in [1.165, 1.54) is 11.8 Å². The third-order valence-corrected chi connectivity index (χ3v) is 7.02. The van der Waals surface area contributed by atoms with Crippen molar-refractivity contribution in [2.75, 3.05) is 11.1 Å². The van der Waals surface area contributed by atoms with E-state index in [0.29, 0.717) is 33.5 Å². The molecular weight excluding hydrogens is 470 g/mol. The van der Waals surface area contributed by atoms with Crippen molar-refractivity contribution in [3.05, 3.63) is 107 Å². The highest BCUT2D eigenvalue weighted by Crippen LogP contribution is 2.40. The van der Waals surface area contributed by atoms with Gasteiger partial charge in [-0.3, -0.25) is 14.2 Å². The van der Waals surface area contributed by atoms with Crippen molar-refractivity contribution in [3.8, 4) is 11.4 Å². The van der Waals surface area contributed by atoms with E-state index in [2.05, 4.69) is 5.32 Å². The third kappa shape index (κ3) is 4.43. The van der Waals surface area contributed by atoms with Gasteiger partial charge >= 0.3 is 0 Å². The molecule has 0 saturated heterocycles. The number of para-hydroxylation sites is 3. The zero-order valence-corrected chi connectivity index (χ0v) is 20.2. The number of benzene rings is 3. The molecule has 5 aromatic rings. The lowest BCUT2D eigenvalue weighted by atomic mass is 10.2. The van der Waals surface area contributed by atoms with Crippen LogP contribution in [0.5, 0.6) is 0 Å². The SMILES string of the molecule is O=C(CSc1nc2ccccc2c(=O)n1-c1ccccc1)Nc1cc(C2CC2)nn1-c1ccccc1. The standard InChI is InChI=1S/C28H23N5O2S/c34-26(30-25-17-24(19-15-16-19)31-33(25)21-11-5-2-6-12-21)18-36-28-29-23-14-8-7-13-22(23)27(35)32(28)20-9-3-1-4-10-20/h1-14,17,19H,15-16,18H2,(H,30,34). The van der Waals surface area contributed by atoms with E-state index >= 15 is 0 Å². The van der Waals surface area contributed by atoms with E-state index in [9.17, 15) is 9.59 Å². The second kappa shape index (κ2) is 9.47. The molecule has 2 heterocycles. The first-order valence-electron chi connectivity index (χ1n) is 11.8. The quantitative estimate of drug-likeness (QED) is 0.250. The fraction of sp³-hybridized carbons (Fsp3) is 0.143. The number of carbonyl (C=O) groups is 1. The van der Waals surface area contributed by atoms with Gasteiger partial charge in [-0.2, -0.15) is 5.10 Å². The Morgan fingerprint density at radius 2 is 1.58 bits per heavy atom. The van der Waals surface area contributed by atoms with Gasteiger partial charge in [0.1, 0.15) is 5.82 Å². The van der Waals surface area contributed by atoms with E-state index in [1.54, 1.807) is 15.3 Å². The molecule has 1 aliphatic rings. The number of rotatable bonds is 7. The number of thioether (sulfide) groups is 1. The molecule has 1 aliphatic carbocycles. The van der Waals surface area contributed by atoms with Gasteiger partial charge < -0.3 is 5.32 Å². The number of hydrogen-bond donors (Lipinski definition) is 1. The van der Waals surface area contributed by atoms with E-state index in [0.717, 1.165) is 24.2 Å². The molecule has 0 atom stereocenters. The number of nitrogens with zero attached hydrogens (tertiary/aromatic N) is 4. The van der Waals surface area contributed by atoms with Crippen LogP contribution in [0.4, 0.5) is 5.82 Å². The molecule has 8 heteroatoms. The van der Waals surface area contributed by atoms with Gasteiger partial charge in [-0.15, -0.1) is 0 Å². The lowest BCUT2D eigenvalue weighted by Crippen LogP contribution is -2.23. The Hall–Kier alpha value is -4.17. The maximum Gasteiger partial charge on any atom is 0.266 e. The fourth-order valence-electron chi connectivity index (χ4n) is 4.16. The van der Waals surface area contributed by atoms with E-state index in [-0.39, 0.29) is 17.2 Å². The summed E-state index contributed by atoms with van der Waals surface area (Å²) in [6.45, 7) is 0. The average molecular weight is 494 g/mol. The molecule has 0 radical (unpaired) electrons. The van der Waals surface area contributed by atoms with Crippen molar-refractivity contribution in [3.63, 3.8) is 0 Å². The van der Waals surface area contributed by atoms with E-state index in [4.69, 9.17) is 10.1 Å². The second-order valence-electron chi connectivity index (χ2n) is 8.70. The minimum absolute atomic E-state index is 0.0936. The lowest BCUT2D eigenvalue weighted by Gasteiger charge is -2.13. The molecular formula is C28H23N5O2S. The third-order valence-electron chi connectivity index (χ3n) is 6.08. The highest BCUT2D eigenvalue weighted by atomic mass is 32.2. The molecule has 1 fully saturated rings. The van der Waals surface area contributed by atoms with Crippen LogP contribution in [-0.4, -0.2) is 31.0 Å². The summed E-state index contributed by atoms with van der Waals surface area (Å²) in [6, 6.07) is 28.4. The van der Waals surface area contributed by atoms with Crippen LogP contribution < -0.4 is 10.9 Å². The smallest absolute Gasteiger partial charge is 0.266 e. The van der Waals surface area contributed by atoms with Gasteiger partial charge in [0, 0.05) is 12.0 Å². The van der Waals surface area contributed by atoms with Crippen molar-refractivity contribution < 1.29 is 4.79 Å². The predicted octanol–water partition coefficient (Wildman–Crippen LogP) is 5.18. The van der Waals surface area contributed by atoms with Crippen LogP contribution in [0.1, 0.15) is 24.5 Å². The fourth-order valence-corrected chi connectivity index (χ4v) is 4.97. The molecule has 178 valence electrons. The Labute approximate surface area is 211 Å². The summed E-state index contributed by atoms with van der Waals surface area (Å²) in [4.78, 5) is 31.1. The van der Waals surface area contributed by atoms with Crippen molar-refractivity contribution in [1.29, 1.82) is 0 Å². The summed E-state index contributed by atoms with van der Waals surface area (Å²) >= 11 is 1.24. The zero-order chi connectivity index (χ0) is 24.5. The predicted molar refractivity (Wildman–Crippen MR) is 142 cm³/mol. The summed E-state index contributed by atoms with van der Waals surface area (Å²) in [6.07, 6.45) is 2.25. The zero-order valence-electron chi connectivity index (χ0n) is 19.4. The van der Waals surface area contributed by atoms with Crippen LogP contribution in [0.3, 0.4) is 0 Å². The summed E-state index contributed by atoms with van der Waals surface area (Å²) in [7, 11) is 0. The van der Waals surface area contributed by atoms with Gasteiger partial charge in [0.25, 0.3) is 5.56 Å². The van der Waals surface area contributed by atoms with Gasteiger partial charge in [-0.05, 0) is 49.2 Å². The van der Waals surface area contributed by atoms with Crippen molar-refractivity contribution >= 4 is 34.4 Å². The topological polar surface area (TPSA) is 81.8 Å². The van der Waals surface area contributed by atoms with E-state index < -0.39 is 0 Å². The molecule has 6 rings (SSSR count). The minimum Gasteiger partial charge on any atom is -0.310 e. The largest absolute Gasteiger partial charge is 0.310 e. The summed E-state index contributed by atoms with van der Waals surface area (Å²) in [5.74, 6) is 1.00. The summed E-state index contributed by atoms with van der Waals surface area (Å²) in [5, 5.41) is 8.77. The molecule has 0 unspecified atom stereocenters. The number of carbonyl (C=O) groups excluding carboxylic acids is 1. The molecule has 7 nitrogen and oxygen atoms in total. The van der Waals surface area contributed by atoms with Gasteiger partial charge in [-0.25, -0.2) is 9.67 Å². The van der Waals surface area contributed by atoms with Crippen molar-refractivity contribution in [2.24, 2.45) is 0 Å². The number of fused-ring (bicyclic) bond motifs is 1. The van der Waals surface area contributed by atoms with Crippen molar-refractivity contribution in [1.82, 2.24) is 19.3 Å². The van der Waals surface area contributed by atoms with Crippen LogP contribution in [0.2, 0.25) is 0 Å². The van der Waals surface area contributed by atoms with Gasteiger partial charge in [0.2, 0.25) is 5.91 Å². The first-order valence-corrected chi connectivity index (χ1v) is 12.8. The molecule has 36 heavy (non-hydrogen) atoms. The Morgan fingerprint density at radius 3 is 2.31 bits per heavy atom. The molecule has 1 amide bonds. The Balaban J connectivity index is 1.29. The molecule has 0 spiro atoms. The van der Waals surface area contributed by atoms with Gasteiger partial charge in [0.15, 0.2) is 5.16 Å². The molecule has 1 N–H and O–H groups in total. The minimum atomic E-state index is -0.193. The summed E-state index contributed by atoms with van der Waals surface area (Å²) < 4.78 is 3.35. The maximum atomic E-state index is 13.4. The van der Waals surface area contributed by atoms with Gasteiger partial charge in [0.05, 0.1) is 33.7 Å². The summed E-state index contributed by atoms with van der Waals surface area (Å²) in [5.41, 5.74) is 3.04. The molecule has 3 aromatic carbocycles. The average Bonchev–Trinajstić information content (AvgIpc) is 3.69. The van der Waals surface area contributed by atoms with Crippen molar-refractivity contribution in [2.45, 2.75) is 23.9 Å². The Bertz CT molecular complexity index is 1610. The second-order valence-corrected chi connectivity index (χ2v) is 9.64. The van der Waals surface area contributed by atoms with Crippen LogP contribution in [0.25, 0.3) is 22.3 Å². The first kappa shape index (κ1) is 22.3.